The summed E-state index contributed by atoms with van der Waals surface area (Å²) in [6, 6.07) is 5.89. The predicted octanol–water partition coefficient (Wildman–Crippen LogP) is 1.81. The lowest BCUT2D eigenvalue weighted by Crippen LogP contribution is -2.47. The second-order valence-electron chi connectivity index (χ2n) is 6.41. The average molecular weight is 462 g/mol. The van der Waals surface area contributed by atoms with Crippen LogP contribution in [0.2, 0.25) is 0 Å². The maximum Gasteiger partial charge on any atom is 0.231 e. The molecule has 0 saturated carbocycles. The molecular formula is C17H27IN4O3. The number of fused-ring (bicyclic) bond motifs is 1. The van der Waals surface area contributed by atoms with Crippen LogP contribution in [0.1, 0.15) is 19.4 Å². The number of hydrogen-bond donors (Lipinski definition) is 2. The molecule has 25 heavy (non-hydrogen) atoms. The summed E-state index contributed by atoms with van der Waals surface area (Å²) in [7, 11) is 5.32. The van der Waals surface area contributed by atoms with E-state index >= 15 is 0 Å². The molecule has 1 aliphatic rings. The smallest absolute Gasteiger partial charge is 0.231 e. The van der Waals surface area contributed by atoms with Crippen LogP contribution >= 0.6 is 24.0 Å². The maximum atomic E-state index is 11.9. The number of ether oxygens (including phenoxy) is 2. The Morgan fingerprint density at radius 3 is 2.64 bits per heavy atom. The predicted molar refractivity (Wildman–Crippen MR) is 109 cm³/mol. The summed E-state index contributed by atoms with van der Waals surface area (Å²) in [5.74, 6) is 2.26. The lowest BCUT2D eigenvalue weighted by atomic mass is 9.92. The summed E-state index contributed by atoms with van der Waals surface area (Å²) in [6.45, 7) is 5.21. The molecule has 1 aromatic carbocycles. The summed E-state index contributed by atoms with van der Waals surface area (Å²) in [5, 5.41) is 5.94. The Kier molecular flexibility index (Phi) is 7.78. The van der Waals surface area contributed by atoms with E-state index < -0.39 is 5.41 Å². The Morgan fingerprint density at radius 1 is 1.32 bits per heavy atom. The molecule has 0 bridgehead atoms. The van der Waals surface area contributed by atoms with Crippen molar-refractivity contribution in [2.75, 3.05) is 34.5 Å². The zero-order chi connectivity index (χ0) is 17.7. The first-order valence-electron chi connectivity index (χ1n) is 7.90. The van der Waals surface area contributed by atoms with Gasteiger partial charge in [0.15, 0.2) is 17.5 Å². The molecule has 1 aromatic rings. The number of halogens is 1. The van der Waals surface area contributed by atoms with Crippen molar-refractivity contribution < 1.29 is 14.3 Å². The van der Waals surface area contributed by atoms with Gasteiger partial charge in [0.2, 0.25) is 12.7 Å². The maximum absolute atomic E-state index is 11.9. The Bertz CT molecular complexity index is 634. The second-order valence-corrected chi connectivity index (χ2v) is 6.41. The van der Waals surface area contributed by atoms with Gasteiger partial charge in [0.05, 0.1) is 5.41 Å². The number of rotatable bonds is 5. The van der Waals surface area contributed by atoms with Gasteiger partial charge in [-0.25, -0.2) is 0 Å². The molecule has 1 aliphatic heterocycles. The van der Waals surface area contributed by atoms with Crippen molar-refractivity contribution in [2.24, 2.45) is 10.4 Å². The van der Waals surface area contributed by atoms with Crippen LogP contribution in [-0.2, 0) is 11.3 Å². The van der Waals surface area contributed by atoms with Gasteiger partial charge in [-0.15, -0.1) is 24.0 Å². The van der Waals surface area contributed by atoms with Gasteiger partial charge in [-0.1, -0.05) is 6.07 Å². The topological polar surface area (TPSA) is 75.2 Å². The van der Waals surface area contributed by atoms with E-state index in [2.05, 4.69) is 15.6 Å². The van der Waals surface area contributed by atoms with Crippen molar-refractivity contribution in [3.63, 3.8) is 0 Å². The molecule has 0 fully saturated rings. The Labute approximate surface area is 166 Å². The fourth-order valence-corrected chi connectivity index (χ4v) is 2.49. The van der Waals surface area contributed by atoms with Gasteiger partial charge >= 0.3 is 0 Å². The highest BCUT2D eigenvalue weighted by molar-refractivity contribution is 14.0. The van der Waals surface area contributed by atoms with Crippen LogP contribution in [0.3, 0.4) is 0 Å². The number of guanidine groups is 1. The minimum Gasteiger partial charge on any atom is -0.454 e. The normalized spacial score (nSPS) is 13.1. The van der Waals surface area contributed by atoms with E-state index in [1.165, 1.54) is 0 Å². The van der Waals surface area contributed by atoms with E-state index in [0.29, 0.717) is 13.1 Å². The van der Waals surface area contributed by atoms with Crippen LogP contribution in [0.25, 0.3) is 0 Å². The molecule has 2 N–H and O–H groups in total. The standard InChI is InChI=1S/C17H26N4O3.HI/c1-17(2,15(22)18-3)10-20-16(19-4)21(5)9-12-6-7-13-14(8-12)24-11-23-13;/h6-8H,9-11H2,1-5H3,(H,18,22)(H,19,20);1H. The molecule has 1 amide bonds. The van der Waals surface area contributed by atoms with Crippen LogP contribution in [0.15, 0.2) is 23.2 Å². The molecule has 1 heterocycles. The van der Waals surface area contributed by atoms with Gasteiger partial charge in [0, 0.05) is 34.2 Å². The molecule has 140 valence electrons. The van der Waals surface area contributed by atoms with Gasteiger partial charge in [-0.3, -0.25) is 9.79 Å². The third kappa shape index (κ3) is 5.38. The molecule has 0 aliphatic carbocycles. The molecular weight excluding hydrogens is 435 g/mol. The van der Waals surface area contributed by atoms with Crippen molar-refractivity contribution >= 4 is 35.8 Å². The van der Waals surface area contributed by atoms with Crippen LogP contribution in [0.5, 0.6) is 11.5 Å². The molecule has 0 radical (unpaired) electrons. The first-order valence-corrected chi connectivity index (χ1v) is 7.90. The number of nitrogens with zero attached hydrogens (tertiary/aromatic N) is 2. The molecule has 0 atom stereocenters. The Balaban J connectivity index is 0.00000312. The molecule has 0 spiro atoms. The first kappa shape index (κ1) is 21.3. The van der Waals surface area contributed by atoms with E-state index in [-0.39, 0.29) is 36.7 Å². The van der Waals surface area contributed by atoms with Gasteiger partial charge in [-0.05, 0) is 31.5 Å². The lowest BCUT2D eigenvalue weighted by molar-refractivity contribution is -0.128. The van der Waals surface area contributed by atoms with E-state index in [0.717, 1.165) is 23.0 Å². The summed E-state index contributed by atoms with van der Waals surface area (Å²) in [6.07, 6.45) is 0. The highest BCUT2D eigenvalue weighted by Gasteiger charge is 2.27. The molecule has 0 saturated heterocycles. The van der Waals surface area contributed by atoms with E-state index in [9.17, 15) is 4.79 Å². The highest BCUT2D eigenvalue weighted by atomic mass is 127. The number of aliphatic imine (C=N–C) groups is 1. The van der Waals surface area contributed by atoms with E-state index in [1.807, 2.05) is 44.0 Å². The third-order valence-electron chi connectivity index (χ3n) is 3.96. The summed E-state index contributed by atoms with van der Waals surface area (Å²) >= 11 is 0. The lowest BCUT2D eigenvalue weighted by Gasteiger charge is -2.27. The van der Waals surface area contributed by atoms with Gasteiger partial charge < -0.3 is 25.0 Å². The number of nitrogens with one attached hydrogen (secondary N) is 2. The van der Waals surface area contributed by atoms with Gasteiger partial charge in [-0.2, -0.15) is 0 Å². The monoisotopic (exact) mass is 462 g/mol. The first-order chi connectivity index (χ1) is 11.4. The molecule has 8 heteroatoms. The van der Waals surface area contributed by atoms with Crippen molar-refractivity contribution in [1.29, 1.82) is 0 Å². The average Bonchev–Trinajstić information content (AvgIpc) is 3.02. The zero-order valence-corrected chi connectivity index (χ0v) is 17.7. The minimum atomic E-state index is -0.524. The summed E-state index contributed by atoms with van der Waals surface area (Å²) < 4.78 is 10.7. The van der Waals surface area contributed by atoms with Gasteiger partial charge in [0.1, 0.15) is 0 Å². The molecule has 0 aromatic heterocycles. The number of hydrogen-bond acceptors (Lipinski definition) is 4. The third-order valence-corrected chi connectivity index (χ3v) is 3.96. The fourth-order valence-electron chi connectivity index (χ4n) is 2.49. The summed E-state index contributed by atoms with van der Waals surface area (Å²) in [5.41, 5.74) is 0.569. The molecule has 2 rings (SSSR count). The fraction of sp³-hybridized carbons (Fsp3) is 0.529. The van der Waals surface area contributed by atoms with Crippen molar-refractivity contribution in [2.45, 2.75) is 20.4 Å². The zero-order valence-electron chi connectivity index (χ0n) is 15.4. The largest absolute Gasteiger partial charge is 0.454 e. The second kappa shape index (κ2) is 9.12. The van der Waals surface area contributed by atoms with Crippen molar-refractivity contribution in [1.82, 2.24) is 15.5 Å². The molecule has 7 nitrogen and oxygen atoms in total. The van der Waals surface area contributed by atoms with Crippen LogP contribution in [0.4, 0.5) is 0 Å². The Morgan fingerprint density at radius 2 is 2.00 bits per heavy atom. The van der Waals surface area contributed by atoms with Crippen LogP contribution in [-0.4, -0.2) is 51.2 Å². The SMILES string of the molecule is CN=C(NCC(C)(C)C(=O)NC)N(C)Cc1ccc2c(c1)OCO2.I. The van der Waals surface area contributed by atoms with Crippen molar-refractivity contribution in [3.05, 3.63) is 23.8 Å². The van der Waals surface area contributed by atoms with E-state index in [1.54, 1.807) is 14.1 Å². The number of carbonyl (C=O) groups excluding carboxylic acids is 1. The highest BCUT2D eigenvalue weighted by Crippen LogP contribution is 2.32. The van der Waals surface area contributed by atoms with Crippen LogP contribution < -0.4 is 20.1 Å². The number of carbonyl (C=O) groups is 1. The number of benzene rings is 1. The van der Waals surface area contributed by atoms with Crippen LogP contribution in [0, 0.1) is 5.41 Å². The minimum absolute atomic E-state index is 0. The quantitative estimate of drug-likeness (QED) is 0.397. The Hall–Kier alpha value is -1.71. The van der Waals surface area contributed by atoms with E-state index in [4.69, 9.17) is 9.47 Å². The molecule has 0 unspecified atom stereocenters. The van der Waals surface area contributed by atoms with Gasteiger partial charge in [0.25, 0.3) is 0 Å². The number of amides is 1. The van der Waals surface area contributed by atoms with Crippen molar-refractivity contribution in [3.8, 4) is 11.5 Å². The summed E-state index contributed by atoms with van der Waals surface area (Å²) in [4.78, 5) is 18.2.